The summed E-state index contributed by atoms with van der Waals surface area (Å²) in [6, 6.07) is 11.6. The molecule has 1 atom stereocenters. The van der Waals surface area contributed by atoms with Gasteiger partial charge in [0.25, 0.3) is 5.91 Å². The zero-order chi connectivity index (χ0) is 19.2. The lowest BCUT2D eigenvalue weighted by atomic mass is 10.1. The molecule has 0 aliphatic rings. The summed E-state index contributed by atoms with van der Waals surface area (Å²) in [7, 11) is 0. The third-order valence-electron chi connectivity index (χ3n) is 4.20. The van der Waals surface area contributed by atoms with Gasteiger partial charge >= 0.3 is 5.97 Å². The van der Waals surface area contributed by atoms with E-state index in [1.807, 2.05) is 36.5 Å². The van der Waals surface area contributed by atoms with Crippen molar-refractivity contribution in [2.45, 2.75) is 32.3 Å². The first-order chi connectivity index (χ1) is 13.1. The molecule has 0 saturated heterocycles. The molecule has 3 aromatic rings. The summed E-state index contributed by atoms with van der Waals surface area (Å²) >= 11 is 1.25. The molecule has 1 unspecified atom stereocenters. The molecule has 0 aliphatic heterocycles. The number of H-pyrrole nitrogens is 1. The number of aromatic amines is 1. The highest BCUT2D eigenvalue weighted by atomic mass is 32.1. The molecule has 0 saturated carbocycles. The molecule has 0 fully saturated rings. The van der Waals surface area contributed by atoms with Crippen LogP contribution in [0.5, 0.6) is 0 Å². The molecule has 6 nitrogen and oxygen atoms in total. The number of hydrogen-bond acceptors (Lipinski definition) is 5. The number of carbonyl (C=O) groups is 2. The molecular formula is C20H19N3O3S. The van der Waals surface area contributed by atoms with Crippen molar-refractivity contribution in [1.29, 1.82) is 5.26 Å². The zero-order valence-electron chi connectivity index (χ0n) is 14.8. The summed E-state index contributed by atoms with van der Waals surface area (Å²) in [5, 5.41) is 14.9. The fourth-order valence-electron chi connectivity index (χ4n) is 2.78. The minimum Gasteiger partial charge on any atom is -0.453 e. The van der Waals surface area contributed by atoms with Crippen LogP contribution in [0.2, 0.25) is 0 Å². The number of amides is 1. The van der Waals surface area contributed by atoms with Gasteiger partial charge in [-0.1, -0.05) is 18.2 Å². The Morgan fingerprint density at radius 3 is 2.96 bits per heavy atom. The van der Waals surface area contributed by atoms with E-state index in [1.165, 1.54) is 18.3 Å². The van der Waals surface area contributed by atoms with E-state index in [0.717, 1.165) is 22.9 Å². The SMILES string of the molecule is CC(OC(=O)CCCc1c[nH]c2ccccc12)C(=O)Nc1sccc1C#N. The second-order valence-corrected chi connectivity index (χ2v) is 7.03. The maximum absolute atomic E-state index is 12.1. The largest absolute Gasteiger partial charge is 0.453 e. The predicted octanol–water partition coefficient (Wildman–Crippen LogP) is 3.99. The van der Waals surface area contributed by atoms with E-state index in [4.69, 9.17) is 10.00 Å². The van der Waals surface area contributed by atoms with Crippen LogP contribution in [0.25, 0.3) is 10.9 Å². The van der Waals surface area contributed by atoms with Crippen LogP contribution in [0.4, 0.5) is 5.00 Å². The van der Waals surface area contributed by atoms with Gasteiger partial charge in [0.05, 0.1) is 5.56 Å². The van der Waals surface area contributed by atoms with Gasteiger partial charge in [0.1, 0.15) is 11.1 Å². The number of aromatic nitrogens is 1. The van der Waals surface area contributed by atoms with Gasteiger partial charge < -0.3 is 15.0 Å². The number of hydrogen-bond donors (Lipinski definition) is 2. The lowest BCUT2D eigenvalue weighted by molar-refractivity contribution is -0.153. The van der Waals surface area contributed by atoms with Crippen LogP contribution in [-0.4, -0.2) is 23.0 Å². The highest BCUT2D eigenvalue weighted by molar-refractivity contribution is 7.14. The van der Waals surface area contributed by atoms with Gasteiger partial charge in [-0.2, -0.15) is 5.26 Å². The van der Waals surface area contributed by atoms with E-state index in [9.17, 15) is 9.59 Å². The van der Waals surface area contributed by atoms with Crippen molar-refractivity contribution >= 4 is 39.1 Å². The summed E-state index contributed by atoms with van der Waals surface area (Å²) < 4.78 is 5.20. The fraction of sp³-hybridized carbons (Fsp3) is 0.250. The van der Waals surface area contributed by atoms with Crippen molar-refractivity contribution in [2.24, 2.45) is 0 Å². The number of rotatable bonds is 7. The summed E-state index contributed by atoms with van der Waals surface area (Å²) in [6.07, 6.45) is 2.66. The Morgan fingerprint density at radius 1 is 1.33 bits per heavy atom. The topological polar surface area (TPSA) is 95.0 Å². The maximum atomic E-state index is 12.1. The predicted molar refractivity (Wildman–Crippen MR) is 104 cm³/mol. The Morgan fingerprint density at radius 2 is 2.15 bits per heavy atom. The van der Waals surface area contributed by atoms with Gasteiger partial charge in [0, 0.05) is 23.5 Å². The minimum atomic E-state index is -0.917. The molecule has 0 radical (unpaired) electrons. The van der Waals surface area contributed by atoms with Crippen molar-refractivity contribution in [2.75, 3.05) is 5.32 Å². The molecule has 7 heteroatoms. The van der Waals surface area contributed by atoms with E-state index >= 15 is 0 Å². The van der Waals surface area contributed by atoms with Gasteiger partial charge in [-0.3, -0.25) is 9.59 Å². The van der Waals surface area contributed by atoms with E-state index in [2.05, 4.69) is 10.3 Å². The minimum absolute atomic E-state index is 0.236. The number of fused-ring (bicyclic) bond motifs is 1. The number of nitriles is 1. The number of ether oxygens (including phenoxy) is 1. The van der Waals surface area contributed by atoms with Crippen molar-refractivity contribution in [3.05, 3.63) is 53.0 Å². The summed E-state index contributed by atoms with van der Waals surface area (Å²) in [5.74, 6) is -0.858. The Bertz CT molecular complexity index is 999. The number of benzene rings is 1. The second-order valence-electron chi connectivity index (χ2n) is 6.11. The van der Waals surface area contributed by atoms with Gasteiger partial charge in [0.15, 0.2) is 6.10 Å². The van der Waals surface area contributed by atoms with Crippen LogP contribution in [0, 0.1) is 11.3 Å². The third kappa shape index (κ3) is 4.54. The molecule has 0 spiro atoms. The first kappa shape index (κ1) is 18.7. The maximum Gasteiger partial charge on any atom is 0.306 e. The number of aryl methyl sites for hydroxylation is 1. The van der Waals surface area contributed by atoms with Crippen molar-refractivity contribution in [3.63, 3.8) is 0 Å². The van der Waals surface area contributed by atoms with Crippen LogP contribution >= 0.6 is 11.3 Å². The molecule has 0 bridgehead atoms. The Kier molecular flexibility index (Phi) is 5.89. The Hall–Kier alpha value is -3.11. The number of nitrogens with one attached hydrogen (secondary N) is 2. The molecule has 2 N–H and O–H groups in total. The van der Waals surface area contributed by atoms with Gasteiger partial charge in [-0.25, -0.2) is 0 Å². The highest BCUT2D eigenvalue weighted by Crippen LogP contribution is 2.22. The second kappa shape index (κ2) is 8.52. The first-order valence-corrected chi connectivity index (χ1v) is 9.49. The molecule has 138 valence electrons. The zero-order valence-corrected chi connectivity index (χ0v) is 15.6. The third-order valence-corrected chi connectivity index (χ3v) is 5.03. The van der Waals surface area contributed by atoms with E-state index in [-0.39, 0.29) is 6.42 Å². The van der Waals surface area contributed by atoms with Crippen LogP contribution in [0.3, 0.4) is 0 Å². The average Bonchev–Trinajstić information content (AvgIpc) is 3.28. The van der Waals surface area contributed by atoms with Crippen LogP contribution < -0.4 is 5.32 Å². The fourth-order valence-corrected chi connectivity index (χ4v) is 3.52. The average molecular weight is 381 g/mol. The number of esters is 1. The molecule has 2 heterocycles. The molecule has 0 aliphatic carbocycles. The van der Waals surface area contributed by atoms with Gasteiger partial charge in [-0.15, -0.1) is 11.3 Å². The summed E-state index contributed by atoms with van der Waals surface area (Å²) in [6.45, 7) is 1.52. The number of anilines is 1. The lowest BCUT2D eigenvalue weighted by Crippen LogP contribution is -2.29. The number of nitrogens with zero attached hydrogens (tertiary/aromatic N) is 1. The molecular weight excluding hydrogens is 362 g/mol. The molecule has 1 aromatic carbocycles. The highest BCUT2D eigenvalue weighted by Gasteiger charge is 2.19. The number of para-hydroxylation sites is 1. The van der Waals surface area contributed by atoms with Crippen molar-refractivity contribution < 1.29 is 14.3 Å². The monoisotopic (exact) mass is 381 g/mol. The normalized spacial score (nSPS) is 11.7. The number of carbonyl (C=O) groups excluding carboxylic acids is 2. The quantitative estimate of drug-likeness (QED) is 0.605. The van der Waals surface area contributed by atoms with Gasteiger partial charge in [-0.05, 0) is 42.8 Å². The Balaban J connectivity index is 1.46. The standard InChI is InChI=1S/C20H19N3O3S/c1-13(19(25)23-20-14(11-21)9-10-27-20)26-18(24)8-4-5-15-12-22-17-7-3-2-6-16(15)17/h2-3,6-7,9-10,12-13,22H,4-5,8H2,1H3,(H,23,25). The first-order valence-electron chi connectivity index (χ1n) is 8.61. The molecule has 2 aromatic heterocycles. The molecule has 3 rings (SSSR count). The van der Waals surface area contributed by atoms with Crippen molar-refractivity contribution in [1.82, 2.24) is 4.98 Å². The summed E-state index contributed by atoms with van der Waals surface area (Å²) in [5.41, 5.74) is 2.63. The molecule has 27 heavy (non-hydrogen) atoms. The summed E-state index contributed by atoms with van der Waals surface area (Å²) in [4.78, 5) is 27.4. The Labute approximate surface area is 160 Å². The lowest BCUT2D eigenvalue weighted by Gasteiger charge is -2.13. The smallest absolute Gasteiger partial charge is 0.306 e. The number of thiophene rings is 1. The van der Waals surface area contributed by atoms with Crippen LogP contribution in [0.15, 0.2) is 41.9 Å². The van der Waals surface area contributed by atoms with E-state index < -0.39 is 18.0 Å². The van der Waals surface area contributed by atoms with E-state index in [0.29, 0.717) is 17.0 Å². The van der Waals surface area contributed by atoms with Crippen LogP contribution in [-0.2, 0) is 20.7 Å². The van der Waals surface area contributed by atoms with E-state index in [1.54, 1.807) is 11.4 Å². The van der Waals surface area contributed by atoms with Gasteiger partial charge in [0.2, 0.25) is 0 Å². The van der Waals surface area contributed by atoms with Crippen LogP contribution in [0.1, 0.15) is 30.9 Å². The molecule has 1 amide bonds. The van der Waals surface area contributed by atoms with Crippen molar-refractivity contribution in [3.8, 4) is 6.07 Å².